The van der Waals surface area contributed by atoms with E-state index in [9.17, 15) is 4.79 Å². The van der Waals surface area contributed by atoms with Crippen LogP contribution in [0.1, 0.15) is 10.5 Å². The van der Waals surface area contributed by atoms with Crippen LogP contribution in [0.4, 0.5) is 11.8 Å². The highest BCUT2D eigenvalue weighted by Crippen LogP contribution is 2.22. The Morgan fingerprint density at radius 2 is 2.12 bits per heavy atom. The van der Waals surface area contributed by atoms with E-state index in [0.29, 0.717) is 5.82 Å². The minimum absolute atomic E-state index is 0.191. The second kappa shape index (κ2) is 5.80. The first-order valence-electron chi connectivity index (χ1n) is 7.59. The van der Waals surface area contributed by atoms with Crippen molar-refractivity contribution >= 4 is 28.8 Å². The van der Waals surface area contributed by atoms with Crippen LogP contribution in [0.25, 0.3) is 11.0 Å². The zero-order chi connectivity index (χ0) is 16.5. The summed E-state index contributed by atoms with van der Waals surface area (Å²) in [6.07, 6.45) is 2.98. The summed E-state index contributed by atoms with van der Waals surface area (Å²) in [6.45, 7) is 1.59. The van der Waals surface area contributed by atoms with E-state index in [1.54, 1.807) is 6.20 Å². The lowest BCUT2D eigenvalue weighted by Crippen LogP contribution is -2.55. The van der Waals surface area contributed by atoms with Crippen LogP contribution in [0.5, 0.6) is 0 Å². The fraction of sp³-hybridized carbons (Fsp3) is 0.250. The maximum Gasteiger partial charge on any atom is 0.358 e. The minimum atomic E-state index is -0.497. The summed E-state index contributed by atoms with van der Waals surface area (Å²) < 4.78 is 4.65. The maximum atomic E-state index is 11.5. The van der Waals surface area contributed by atoms with E-state index in [1.807, 2.05) is 24.3 Å². The van der Waals surface area contributed by atoms with E-state index in [1.165, 1.54) is 13.3 Å². The summed E-state index contributed by atoms with van der Waals surface area (Å²) in [5.74, 6) is 0.930. The third-order valence-electron chi connectivity index (χ3n) is 3.94. The molecule has 8 nitrogen and oxygen atoms in total. The standard InChI is InChI=1S/C16H16N6O2/c1-24-15(23)13-6-17-7-14(19-13)18-10-8-22(9-10)16-20-11-4-2-3-5-12(11)21-16/h2-7,10H,8-9H2,1H3,(H,18,19)(H,20,21). The van der Waals surface area contributed by atoms with Crippen molar-refractivity contribution in [3.63, 3.8) is 0 Å². The van der Waals surface area contributed by atoms with Gasteiger partial charge in [-0.05, 0) is 12.1 Å². The second-order valence-corrected chi connectivity index (χ2v) is 5.60. The second-order valence-electron chi connectivity index (χ2n) is 5.60. The Hall–Kier alpha value is -3.16. The number of carbonyl (C=O) groups is 1. The highest BCUT2D eigenvalue weighted by atomic mass is 16.5. The number of esters is 1. The van der Waals surface area contributed by atoms with Gasteiger partial charge in [0.2, 0.25) is 5.95 Å². The van der Waals surface area contributed by atoms with Crippen molar-refractivity contribution in [2.75, 3.05) is 30.4 Å². The van der Waals surface area contributed by atoms with Crippen LogP contribution in [0.3, 0.4) is 0 Å². The molecule has 3 aromatic rings. The molecule has 0 atom stereocenters. The van der Waals surface area contributed by atoms with Gasteiger partial charge in [0.05, 0.1) is 36.6 Å². The molecule has 0 bridgehead atoms. The molecule has 24 heavy (non-hydrogen) atoms. The molecule has 122 valence electrons. The smallest absolute Gasteiger partial charge is 0.358 e. The van der Waals surface area contributed by atoms with Crippen molar-refractivity contribution in [1.29, 1.82) is 0 Å². The number of anilines is 2. The molecule has 0 spiro atoms. The Balaban J connectivity index is 1.40. The molecule has 1 aromatic carbocycles. The lowest BCUT2D eigenvalue weighted by atomic mass is 10.1. The summed E-state index contributed by atoms with van der Waals surface area (Å²) in [5, 5.41) is 3.27. The summed E-state index contributed by atoms with van der Waals surface area (Å²) in [5.41, 5.74) is 2.18. The van der Waals surface area contributed by atoms with Gasteiger partial charge in [0.15, 0.2) is 5.69 Å². The first-order valence-corrected chi connectivity index (χ1v) is 7.59. The molecule has 0 aliphatic carbocycles. The molecule has 8 heteroatoms. The molecular weight excluding hydrogens is 308 g/mol. The van der Waals surface area contributed by atoms with E-state index in [0.717, 1.165) is 30.1 Å². The number of nitrogens with one attached hydrogen (secondary N) is 2. The third kappa shape index (κ3) is 2.62. The Kier molecular flexibility index (Phi) is 3.49. The van der Waals surface area contributed by atoms with Gasteiger partial charge in [-0.25, -0.2) is 14.8 Å². The van der Waals surface area contributed by atoms with E-state index in [2.05, 4.69) is 34.9 Å². The first kappa shape index (κ1) is 14.4. The van der Waals surface area contributed by atoms with Gasteiger partial charge in [-0.3, -0.25) is 4.98 Å². The number of hydrogen-bond donors (Lipinski definition) is 2. The Morgan fingerprint density at radius 3 is 2.92 bits per heavy atom. The monoisotopic (exact) mass is 324 g/mol. The number of carbonyl (C=O) groups excluding carboxylic acids is 1. The largest absolute Gasteiger partial charge is 0.464 e. The van der Waals surface area contributed by atoms with E-state index >= 15 is 0 Å². The van der Waals surface area contributed by atoms with Crippen molar-refractivity contribution < 1.29 is 9.53 Å². The molecule has 0 saturated carbocycles. The predicted octanol–water partition coefficient (Wildman–Crippen LogP) is 1.44. The Bertz CT molecular complexity index is 854. The van der Waals surface area contributed by atoms with Gasteiger partial charge in [-0.15, -0.1) is 0 Å². The van der Waals surface area contributed by atoms with Crippen LogP contribution >= 0.6 is 0 Å². The number of nitrogens with zero attached hydrogens (tertiary/aromatic N) is 4. The first-order chi connectivity index (χ1) is 11.7. The molecule has 4 rings (SSSR count). The van der Waals surface area contributed by atoms with Crippen LogP contribution in [0.2, 0.25) is 0 Å². The van der Waals surface area contributed by atoms with Crippen molar-refractivity contribution in [3.05, 3.63) is 42.4 Å². The number of H-pyrrole nitrogens is 1. The SMILES string of the molecule is COC(=O)c1cncc(NC2CN(c3nc4ccccc4[nH]3)C2)n1. The van der Waals surface area contributed by atoms with Gasteiger partial charge < -0.3 is 19.9 Å². The van der Waals surface area contributed by atoms with E-state index in [-0.39, 0.29) is 11.7 Å². The van der Waals surface area contributed by atoms with Gasteiger partial charge in [0, 0.05) is 13.1 Å². The summed E-state index contributed by atoms with van der Waals surface area (Å²) in [6, 6.07) is 8.17. The number of hydrogen-bond acceptors (Lipinski definition) is 7. The summed E-state index contributed by atoms with van der Waals surface area (Å²) in [4.78, 5) is 29.7. The van der Waals surface area contributed by atoms with Crippen LogP contribution in [-0.2, 0) is 4.74 Å². The number of aromatic nitrogens is 4. The summed E-state index contributed by atoms with van der Waals surface area (Å²) in [7, 11) is 1.32. The predicted molar refractivity (Wildman–Crippen MR) is 89.1 cm³/mol. The number of para-hydroxylation sites is 2. The molecule has 0 radical (unpaired) electrons. The third-order valence-corrected chi connectivity index (χ3v) is 3.94. The average molecular weight is 324 g/mol. The van der Waals surface area contributed by atoms with Crippen molar-refractivity contribution in [2.24, 2.45) is 0 Å². The van der Waals surface area contributed by atoms with Gasteiger partial charge >= 0.3 is 5.97 Å². The highest BCUT2D eigenvalue weighted by Gasteiger charge is 2.29. The number of rotatable bonds is 4. The fourth-order valence-electron chi connectivity index (χ4n) is 2.68. The molecule has 2 aromatic heterocycles. The van der Waals surface area contributed by atoms with Gasteiger partial charge in [-0.1, -0.05) is 12.1 Å². The van der Waals surface area contributed by atoms with Crippen LogP contribution in [-0.4, -0.2) is 52.1 Å². The fourth-order valence-corrected chi connectivity index (χ4v) is 2.68. The Morgan fingerprint density at radius 1 is 1.29 bits per heavy atom. The quantitative estimate of drug-likeness (QED) is 0.701. The topological polar surface area (TPSA) is 96.0 Å². The molecule has 1 saturated heterocycles. The Labute approximate surface area is 137 Å². The zero-order valence-corrected chi connectivity index (χ0v) is 13.1. The molecule has 2 N–H and O–H groups in total. The number of aromatic amines is 1. The van der Waals surface area contributed by atoms with Crippen LogP contribution in [0.15, 0.2) is 36.7 Å². The van der Waals surface area contributed by atoms with Crippen LogP contribution in [0, 0.1) is 0 Å². The van der Waals surface area contributed by atoms with Crippen molar-refractivity contribution in [1.82, 2.24) is 19.9 Å². The van der Waals surface area contributed by atoms with Gasteiger partial charge in [-0.2, -0.15) is 0 Å². The van der Waals surface area contributed by atoms with Gasteiger partial charge in [0.1, 0.15) is 5.82 Å². The summed E-state index contributed by atoms with van der Waals surface area (Å²) >= 11 is 0. The molecule has 0 amide bonds. The minimum Gasteiger partial charge on any atom is -0.464 e. The lowest BCUT2D eigenvalue weighted by Gasteiger charge is -2.39. The average Bonchev–Trinajstić information content (AvgIpc) is 3.00. The van der Waals surface area contributed by atoms with Gasteiger partial charge in [0.25, 0.3) is 0 Å². The zero-order valence-electron chi connectivity index (χ0n) is 13.1. The molecule has 0 unspecified atom stereocenters. The number of fused-ring (bicyclic) bond motifs is 1. The number of imidazole rings is 1. The number of benzene rings is 1. The van der Waals surface area contributed by atoms with E-state index < -0.39 is 5.97 Å². The molecule has 1 aliphatic heterocycles. The molecule has 3 heterocycles. The lowest BCUT2D eigenvalue weighted by molar-refractivity contribution is 0.0593. The van der Waals surface area contributed by atoms with Crippen molar-refractivity contribution in [2.45, 2.75) is 6.04 Å². The molecule has 1 aliphatic rings. The van der Waals surface area contributed by atoms with Crippen LogP contribution < -0.4 is 10.2 Å². The number of methoxy groups -OCH3 is 1. The normalized spacial score (nSPS) is 14.5. The number of ether oxygens (including phenoxy) is 1. The maximum absolute atomic E-state index is 11.5. The van der Waals surface area contributed by atoms with E-state index in [4.69, 9.17) is 0 Å². The van der Waals surface area contributed by atoms with Crippen molar-refractivity contribution in [3.8, 4) is 0 Å². The molecule has 1 fully saturated rings. The highest BCUT2D eigenvalue weighted by molar-refractivity contribution is 5.87. The molecular formula is C16H16N6O2.